The van der Waals surface area contributed by atoms with Crippen molar-refractivity contribution in [2.45, 2.75) is 20.0 Å². The van der Waals surface area contributed by atoms with E-state index in [0.29, 0.717) is 0 Å². The van der Waals surface area contributed by atoms with Gasteiger partial charge < -0.3 is 4.74 Å². The van der Waals surface area contributed by atoms with Gasteiger partial charge in [0.15, 0.2) is 0 Å². The maximum absolute atomic E-state index is 5.48. The predicted molar refractivity (Wildman–Crippen MR) is 59.8 cm³/mol. The summed E-state index contributed by atoms with van der Waals surface area (Å²) in [5.74, 6) is 0. The summed E-state index contributed by atoms with van der Waals surface area (Å²) in [5, 5.41) is 2.06. The van der Waals surface area contributed by atoms with Crippen LogP contribution >= 0.6 is 43.2 Å². The number of hydrogen-bond donors (Lipinski definition) is 0. The van der Waals surface area contributed by atoms with Gasteiger partial charge in [-0.05, 0) is 45.7 Å². The fraction of sp³-hybridized carbons (Fsp3) is 0.500. The van der Waals surface area contributed by atoms with E-state index in [2.05, 4.69) is 44.2 Å². The number of ether oxygens (including phenoxy) is 1. The minimum Gasteiger partial charge on any atom is -0.373 e. The molecule has 0 unspecified atom stereocenters. The smallest absolute Gasteiger partial charge is 0.0900 e. The van der Waals surface area contributed by atoms with Crippen molar-refractivity contribution >= 4 is 43.2 Å². The normalized spacial score (nSPS) is 13.3. The summed E-state index contributed by atoms with van der Waals surface area (Å²) >= 11 is 8.65. The van der Waals surface area contributed by atoms with Gasteiger partial charge >= 0.3 is 0 Å². The minimum atomic E-state index is 0.181. The molecule has 0 spiro atoms. The predicted octanol–water partition coefficient (Wildman–Crippen LogP) is 4.37. The highest BCUT2D eigenvalue weighted by Gasteiger charge is 2.13. The SMILES string of the molecule is CCO[C@@H](C)c1scc(Br)c1Br. The molecular formula is C8H10Br2OS. The first kappa shape index (κ1) is 10.7. The summed E-state index contributed by atoms with van der Waals surface area (Å²) in [6, 6.07) is 0. The van der Waals surface area contributed by atoms with Gasteiger partial charge in [-0.2, -0.15) is 0 Å². The van der Waals surface area contributed by atoms with Crippen LogP contribution in [0.1, 0.15) is 24.8 Å². The van der Waals surface area contributed by atoms with Crippen LogP contribution in [0.3, 0.4) is 0 Å². The Morgan fingerprint density at radius 3 is 2.67 bits per heavy atom. The highest BCUT2D eigenvalue weighted by molar-refractivity contribution is 9.13. The number of rotatable bonds is 3. The van der Waals surface area contributed by atoms with Gasteiger partial charge in [-0.1, -0.05) is 0 Å². The zero-order valence-corrected chi connectivity index (χ0v) is 10.9. The van der Waals surface area contributed by atoms with Gasteiger partial charge in [-0.3, -0.25) is 0 Å². The lowest BCUT2D eigenvalue weighted by Crippen LogP contribution is -1.97. The summed E-state index contributed by atoms with van der Waals surface area (Å²) in [6.45, 7) is 4.82. The Labute approximate surface area is 93.4 Å². The third kappa shape index (κ3) is 2.31. The molecule has 0 amide bonds. The molecule has 0 N–H and O–H groups in total. The molecule has 0 aliphatic heterocycles. The molecule has 1 nitrogen and oxygen atoms in total. The minimum absolute atomic E-state index is 0.181. The lowest BCUT2D eigenvalue weighted by atomic mass is 10.3. The highest BCUT2D eigenvalue weighted by Crippen LogP contribution is 2.37. The van der Waals surface area contributed by atoms with Crippen LogP contribution < -0.4 is 0 Å². The van der Waals surface area contributed by atoms with Crippen LogP contribution in [0.4, 0.5) is 0 Å². The van der Waals surface area contributed by atoms with Gasteiger partial charge in [0.05, 0.1) is 6.10 Å². The van der Waals surface area contributed by atoms with E-state index in [0.717, 1.165) is 15.6 Å². The Morgan fingerprint density at radius 2 is 2.25 bits per heavy atom. The molecule has 4 heteroatoms. The van der Waals surface area contributed by atoms with Gasteiger partial charge in [-0.15, -0.1) is 11.3 Å². The van der Waals surface area contributed by atoms with Crippen LogP contribution in [0.25, 0.3) is 0 Å². The van der Waals surface area contributed by atoms with Crippen molar-refractivity contribution in [2.24, 2.45) is 0 Å². The lowest BCUT2D eigenvalue weighted by Gasteiger charge is -2.09. The fourth-order valence-electron chi connectivity index (χ4n) is 0.936. The van der Waals surface area contributed by atoms with E-state index < -0.39 is 0 Å². The molecule has 0 bridgehead atoms. The maximum atomic E-state index is 5.48. The summed E-state index contributed by atoms with van der Waals surface area (Å²) in [4.78, 5) is 1.24. The van der Waals surface area contributed by atoms with Gasteiger partial charge in [0.2, 0.25) is 0 Å². The summed E-state index contributed by atoms with van der Waals surface area (Å²) < 4.78 is 7.71. The molecule has 0 fully saturated rings. The molecule has 12 heavy (non-hydrogen) atoms. The third-order valence-corrected chi connectivity index (χ3v) is 5.22. The molecule has 1 rings (SSSR count). The first-order valence-corrected chi connectivity index (χ1v) is 6.17. The molecule has 1 aromatic heterocycles. The Bertz CT molecular complexity index is 260. The van der Waals surface area contributed by atoms with E-state index in [1.807, 2.05) is 6.92 Å². The molecule has 1 heterocycles. The number of hydrogen-bond acceptors (Lipinski definition) is 2. The molecule has 0 saturated heterocycles. The Morgan fingerprint density at radius 1 is 1.58 bits per heavy atom. The third-order valence-electron chi connectivity index (χ3n) is 1.50. The number of halogens is 2. The average molecular weight is 314 g/mol. The van der Waals surface area contributed by atoms with Crippen molar-refractivity contribution < 1.29 is 4.74 Å². The van der Waals surface area contributed by atoms with E-state index in [1.165, 1.54) is 4.88 Å². The standard InChI is InChI=1S/C8H10Br2OS/c1-3-11-5(2)8-7(10)6(9)4-12-8/h4-5H,3H2,1-2H3/t5-/m0/s1. The van der Waals surface area contributed by atoms with Crippen molar-refractivity contribution in [3.05, 3.63) is 19.2 Å². The Balaban J connectivity index is 2.80. The molecule has 1 aromatic rings. The first-order valence-electron chi connectivity index (χ1n) is 3.70. The second-order valence-corrected chi connectivity index (χ2v) is 4.92. The van der Waals surface area contributed by atoms with Gasteiger partial charge in [0.25, 0.3) is 0 Å². The molecule has 68 valence electrons. The molecule has 0 aliphatic rings. The van der Waals surface area contributed by atoms with Crippen molar-refractivity contribution in [3.8, 4) is 0 Å². The van der Waals surface area contributed by atoms with Crippen molar-refractivity contribution in [3.63, 3.8) is 0 Å². The first-order chi connectivity index (χ1) is 5.66. The van der Waals surface area contributed by atoms with Crippen LogP contribution in [-0.4, -0.2) is 6.61 Å². The van der Waals surface area contributed by atoms with E-state index in [4.69, 9.17) is 4.74 Å². The highest BCUT2D eigenvalue weighted by atomic mass is 79.9. The van der Waals surface area contributed by atoms with Gasteiger partial charge in [-0.25, -0.2) is 0 Å². The van der Waals surface area contributed by atoms with Crippen LogP contribution in [0, 0.1) is 0 Å². The van der Waals surface area contributed by atoms with Crippen LogP contribution in [0.15, 0.2) is 14.3 Å². The molecular weight excluding hydrogens is 304 g/mol. The average Bonchev–Trinajstić information content (AvgIpc) is 2.34. The Hall–Kier alpha value is 0.620. The zero-order chi connectivity index (χ0) is 9.14. The van der Waals surface area contributed by atoms with Gasteiger partial charge in [0.1, 0.15) is 0 Å². The number of thiophene rings is 1. The summed E-state index contributed by atoms with van der Waals surface area (Å²) in [6.07, 6.45) is 0.181. The Kier molecular flexibility index (Phi) is 4.23. The van der Waals surface area contributed by atoms with E-state index in [-0.39, 0.29) is 6.10 Å². The molecule has 0 aliphatic carbocycles. The van der Waals surface area contributed by atoms with Crippen LogP contribution in [-0.2, 0) is 4.74 Å². The zero-order valence-electron chi connectivity index (χ0n) is 6.93. The quantitative estimate of drug-likeness (QED) is 0.805. The molecule has 0 radical (unpaired) electrons. The fourth-order valence-corrected chi connectivity index (χ4v) is 3.25. The largest absolute Gasteiger partial charge is 0.373 e. The van der Waals surface area contributed by atoms with Crippen LogP contribution in [0.2, 0.25) is 0 Å². The summed E-state index contributed by atoms with van der Waals surface area (Å²) in [7, 11) is 0. The molecule has 0 saturated carbocycles. The topological polar surface area (TPSA) is 9.23 Å². The van der Waals surface area contributed by atoms with E-state index >= 15 is 0 Å². The van der Waals surface area contributed by atoms with E-state index in [1.54, 1.807) is 11.3 Å². The van der Waals surface area contributed by atoms with E-state index in [9.17, 15) is 0 Å². The van der Waals surface area contributed by atoms with Crippen molar-refractivity contribution in [1.82, 2.24) is 0 Å². The van der Waals surface area contributed by atoms with Gasteiger partial charge in [0, 0.05) is 25.8 Å². The summed E-state index contributed by atoms with van der Waals surface area (Å²) in [5.41, 5.74) is 0. The van der Waals surface area contributed by atoms with Crippen molar-refractivity contribution in [2.75, 3.05) is 6.61 Å². The monoisotopic (exact) mass is 312 g/mol. The maximum Gasteiger partial charge on any atom is 0.0900 e. The lowest BCUT2D eigenvalue weighted by molar-refractivity contribution is 0.0784. The second-order valence-electron chi connectivity index (χ2n) is 2.36. The van der Waals surface area contributed by atoms with Crippen molar-refractivity contribution in [1.29, 1.82) is 0 Å². The second kappa shape index (κ2) is 4.74. The molecule has 0 aromatic carbocycles. The van der Waals surface area contributed by atoms with Crippen LogP contribution in [0.5, 0.6) is 0 Å². The molecule has 1 atom stereocenters.